The van der Waals surface area contributed by atoms with Gasteiger partial charge in [-0.05, 0) is 48.6 Å². The summed E-state index contributed by atoms with van der Waals surface area (Å²) in [5, 5.41) is 10.1. The zero-order chi connectivity index (χ0) is 15.1. The first-order valence-corrected chi connectivity index (χ1v) is 7.46. The first-order chi connectivity index (χ1) is 10.1. The normalized spacial score (nSPS) is 12.4. The van der Waals surface area contributed by atoms with Crippen molar-refractivity contribution in [2.75, 3.05) is 6.61 Å². The Morgan fingerprint density at radius 2 is 2.00 bits per heavy atom. The van der Waals surface area contributed by atoms with Crippen LogP contribution in [0.5, 0.6) is 5.75 Å². The molecule has 1 N–H and O–H groups in total. The number of rotatable bonds is 7. The average molecular weight is 285 g/mol. The highest BCUT2D eigenvalue weighted by Crippen LogP contribution is 2.20. The van der Waals surface area contributed by atoms with Gasteiger partial charge in [0.1, 0.15) is 5.75 Å². The Morgan fingerprint density at radius 1 is 1.14 bits per heavy atom. The molecule has 0 aliphatic carbocycles. The lowest BCUT2D eigenvalue weighted by Crippen LogP contribution is -2.05. The summed E-state index contributed by atoms with van der Waals surface area (Å²) in [6, 6.07) is 13.7. The predicted molar refractivity (Wildman–Crippen MR) is 84.3 cm³/mol. The van der Waals surface area contributed by atoms with Gasteiger partial charge in [0.05, 0.1) is 18.4 Å². The molecule has 21 heavy (non-hydrogen) atoms. The Morgan fingerprint density at radius 3 is 2.71 bits per heavy atom. The summed E-state index contributed by atoms with van der Waals surface area (Å²) in [7, 11) is 0. The third-order valence-electron chi connectivity index (χ3n) is 3.22. The fourth-order valence-electron chi connectivity index (χ4n) is 2.08. The van der Waals surface area contributed by atoms with Gasteiger partial charge in [-0.15, -0.1) is 0 Å². The molecule has 2 rings (SSSR count). The third-order valence-corrected chi connectivity index (χ3v) is 3.22. The van der Waals surface area contributed by atoms with Crippen LogP contribution in [0.2, 0.25) is 0 Å². The molecule has 3 heteroatoms. The Hall–Kier alpha value is -1.87. The molecular weight excluding hydrogens is 262 g/mol. The van der Waals surface area contributed by atoms with Crippen molar-refractivity contribution in [3.63, 3.8) is 0 Å². The summed E-state index contributed by atoms with van der Waals surface area (Å²) < 4.78 is 5.72. The van der Waals surface area contributed by atoms with E-state index in [1.54, 1.807) is 6.20 Å². The minimum Gasteiger partial charge on any atom is -0.493 e. The molecule has 3 nitrogen and oxygen atoms in total. The Kier molecular flexibility index (Phi) is 5.76. The largest absolute Gasteiger partial charge is 0.493 e. The van der Waals surface area contributed by atoms with Crippen LogP contribution in [0.4, 0.5) is 0 Å². The van der Waals surface area contributed by atoms with Crippen LogP contribution in [0.15, 0.2) is 48.7 Å². The van der Waals surface area contributed by atoms with E-state index >= 15 is 0 Å². The number of aromatic nitrogens is 1. The van der Waals surface area contributed by atoms with Crippen molar-refractivity contribution >= 4 is 0 Å². The molecule has 0 saturated heterocycles. The summed E-state index contributed by atoms with van der Waals surface area (Å²) >= 11 is 0. The SMILES string of the molecule is CC(C)COc1cccc(CCC(O)c2ccccn2)c1. The number of aliphatic hydroxyl groups is 1. The highest BCUT2D eigenvalue weighted by Gasteiger charge is 2.09. The van der Waals surface area contributed by atoms with E-state index in [0.29, 0.717) is 12.3 Å². The molecule has 1 heterocycles. The summed E-state index contributed by atoms with van der Waals surface area (Å²) in [4.78, 5) is 4.18. The molecule has 112 valence electrons. The number of pyridine rings is 1. The van der Waals surface area contributed by atoms with E-state index in [1.807, 2.05) is 36.4 Å². The summed E-state index contributed by atoms with van der Waals surface area (Å²) in [6.07, 6.45) is 2.65. The lowest BCUT2D eigenvalue weighted by molar-refractivity contribution is 0.163. The Labute approximate surface area is 126 Å². The number of aliphatic hydroxyl groups excluding tert-OH is 1. The standard InChI is InChI=1S/C18H23NO2/c1-14(2)13-21-16-7-5-6-15(12-16)9-10-18(20)17-8-3-4-11-19-17/h3-8,11-12,14,18,20H,9-10,13H2,1-2H3. The fourth-order valence-corrected chi connectivity index (χ4v) is 2.08. The van der Waals surface area contributed by atoms with E-state index in [0.717, 1.165) is 24.5 Å². The molecule has 1 aromatic heterocycles. The van der Waals surface area contributed by atoms with Crippen LogP contribution in [0.25, 0.3) is 0 Å². The second kappa shape index (κ2) is 7.79. The van der Waals surface area contributed by atoms with Crippen molar-refractivity contribution in [1.82, 2.24) is 4.98 Å². The first kappa shape index (κ1) is 15.5. The second-order valence-electron chi connectivity index (χ2n) is 5.66. The van der Waals surface area contributed by atoms with E-state index in [4.69, 9.17) is 4.74 Å². The van der Waals surface area contributed by atoms with Gasteiger partial charge in [0.25, 0.3) is 0 Å². The molecule has 0 fully saturated rings. The van der Waals surface area contributed by atoms with Gasteiger partial charge in [-0.3, -0.25) is 4.98 Å². The van der Waals surface area contributed by atoms with Crippen molar-refractivity contribution in [3.8, 4) is 5.75 Å². The molecule has 0 bridgehead atoms. The van der Waals surface area contributed by atoms with E-state index in [9.17, 15) is 5.11 Å². The Balaban J connectivity index is 1.89. The molecule has 0 aliphatic rings. The zero-order valence-corrected chi connectivity index (χ0v) is 12.7. The maximum absolute atomic E-state index is 10.1. The number of benzene rings is 1. The summed E-state index contributed by atoms with van der Waals surface area (Å²) in [6.45, 7) is 4.99. The molecule has 0 radical (unpaired) electrons. The van der Waals surface area contributed by atoms with Gasteiger partial charge < -0.3 is 9.84 Å². The predicted octanol–water partition coefficient (Wildman–Crippen LogP) is 3.78. The van der Waals surface area contributed by atoms with Crippen molar-refractivity contribution in [2.24, 2.45) is 5.92 Å². The minimum absolute atomic E-state index is 0.514. The van der Waals surface area contributed by atoms with Gasteiger partial charge in [-0.25, -0.2) is 0 Å². The summed E-state index contributed by atoms with van der Waals surface area (Å²) in [5.41, 5.74) is 1.90. The highest BCUT2D eigenvalue weighted by atomic mass is 16.5. The van der Waals surface area contributed by atoms with Crippen LogP contribution in [0.1, 0.15) is 37.6 Å². The van der Waals surface area contributed by atoms with Gasteiger partial charge in [-0.2, -0.15) is 0 Å². The van der Waals surface area contributed by atoms with Crippen LogP contribution in [0, 0.1) is 5.92 Å². The van der Waals surface area contributed by atoms with Crippen LogP contribution in [-0.4, -0.2) is 16.7 Å². The van der Waals surface area contributed by atoms with E-state index in [2.05, 4.69) is 24.9 Å². The third kappa shape index (κ3) is 5.20. The highest BCUT2D eigenvalue weighted by molar-refractivity contribution is 5.28. The minimum atomic E-state index is -0.522. The molecule has 1 atom stereocenters. The molecule has 0 aliphatic heterocycles. The maximum atomic E-state index is 10.1. The zero-order valence-electron chi connectivity index (χ0n) is 12.7. The lowest BCUT2D eigenvalue weighted by Gasteiger charge is -2.12. The number of nitrogens with zero attached hydrogens (tertiary/aromatic N) is 1. The molecule has 0 spiro atoms. The number of aryl methyl sites for hydroxylation is 1. The molecule has 0 amide bonds. The number of hydrogen-bond acceptors (Lipinski definition) is 3. The number of hydrogen-bond donors (Lipinski definition) is 1. The molecule has 0 saturated carbocycles. The van der Waals surface area contributed by atoms with Gasteiger partial charge in [-0.1, -0.05) is 32.0 Å². The van der Waals surface area contributed by atoms with Crippen LogP contribution in [0.3, 0.4) is 0 Å². The molecular formula is C18H23NO2. The van der Waals surface area contributed by atoms with E-state index in [1.165, 1.54) is 5.56 Å². The fraction of sp³-hybridized carbons (Fsp3) is 0.389. The molecule has 1 unspecified atom stereocenters. The second-order valence-corrected chi connectivity index (χ2v) is 5.66. The van der Waals surface area contributed by atoms with Crippen molar-refractivity contribution in [3.05, 3.63) is 59.9 Å². The lowest BCUT2D eigenvalue weighted by atomic mass is 10.0. The van der Waals surface area contributed by atoms with Gasteiger partial charge in [0, 0.05) is 6.20 Å². The smallest absolute Gasteiger partial charge is 0.119 e. The quantitative estimate of drug-likeness (QED) is 0.841. The topological polar surface area (TPSA) is 42.4 Å². The summed E-state index contributed by atoms with van der Waals surface area (Å²) in [5.74, 6) is 1.41. The maximum Gasteiger partial charge on any atom is 0.119 e. The van der Waals surface area contributed by atoms with Crippen molar-refractivity contribution in [1.29, 1.82) is 0 Å². The monoisotopic (exact) mass is 285 g/mol. The van der Waals surface area contributed by atoms with Crippen LogP contribution in [-0.2, 0) is 6.42 Å². The average Bonchev–Trinajstić information content (AvgIpc) is 2.52. The first-order valence-electron chi connectivity index (χ1n) is 7.46. The van der Waals surface area contributed by atoms with E-state index in [-0.39, 0.29) is 0 Å². The van der Waals surface area contributed by atoms with Crippen molar-refractivity contribution in [2.45, 2.75) is 32.8 Å². The van der Waals surface area contributed by atoms with E-state index < -0.39 is 6.10 Å². The van der Waals surface area contributed by atoms with Gasteiger partial charge in [0.2, 0.25) is 0 Å². The van der Waals surface area contributed by atoms with Gasteiger partial charge in [0.15, 0.2) is 0 Å². The number of ether oxygens (including phenoxy) is 1. The van der Waals surface area contributed by atoms with Crippen LogP contribution < -0.4 is 4.74 Å². The Bertz CT molecular complexity index is 540. The molecule has 2 aromatic rings. The van der Waals surface area contributed by atoms with Crippen molar-refractivity contribution < 1.29 is 9.84 Å². The van der Waals surface area contributed by atoms with Gasteiger partial charge >= 0.3 is 0 Å². The molecule has 1 aromatic carbocycles. The van der Waals surface area contributed by atoms with Crippen LogP contribution >= 0.6 is 0 Å².